The number of pyridine rings is 1. The Morgan fingerprint density at radius 3 is 2.39 bits per heavy atom. The summed E-state index contributed by atoms with van der Waals surface area (Å²) >= 11 is 0. The summed E-state index contributed by atoms with van der Waals surface area (Å²) in [5, 5.41) is 2.89. The van der Waals surface area contributed by atoms with Crippen LogP contribution >= 0.6 is 0 Å². The maximum absolute atomic E-state index is 13.4. The number of halogens is 3. The van der Waals surface area contributed by atoms with Crippen molar-refractivity contribution in [3.05, 3.63) is 41.4 Å². The van der Waals surface area contributed by atoms with Crippen molar-refractivity contribution in [2.45, 2.75) is 65.3 Å². The summed E-state index contributed by atoms with van der Waals surface area (Å²) in [5.41, 5.74) is -1.80. The fourth-order valence-corrected chi connectivity index (χ4v) is 3.74. The molecule has 1 N–H and O–H groups in total. The van der Waals surface area contributed by atoms with Crippen LogP contribution in [0.25, 0.3) is 22.4 Å². The van der Waals surface area contributed by atoms with E-state index in [0.29, 0.717) is 6.42 Å². The number of aromatic nitrogens is 2. The highest BCUT2D eigenvalue weighted by atomic mass is 19.4. The summed E-state index contributed by atoms with van der Waals surface area (Å²) in [6, 6.07) is 3.97. The van der Waals surface area contributed by atoms with E-state index >= 15 is 0 Å². The monoisotopic (exact) mass is 581 g/mol. The molecule has 10 nitrogen and oxygen atoms in total. The predicted octanol–water partition coefficient (Wildman–Crippen LogP) is 6.48. The first kappa shape index (κ1) is 31.7. The third-order valence-electron chi connectivity index (χ3n) is 5.71. The van der Waals surface area contributed by atoms with Gasteiger partial charge in [-0.1, -0.05) is 13.3 Å². The molecule has 0 radical (unpaired) electrons. The van der Waals surface area contributed by atoms with Crippen LogP contribution in [0.2, 0.25) is 0 Å². The van der Waals surface area contributed by atoms with E-state index < -0.39 is 35.6 Å². The summed E-state index contributed by atoms with van der Waals surface area (Å²) < 4.78 is 67.8. The van der Waals surface area contributed by atoms with Crippen molar-refractivity contribution in [2.75, 3.05) is 26.9 Å². The summed E-state index contributed by atoms with van der Waals surface area (Å²) in [6.07, 6.45) is -3.96. The van der Waals surface area contributed by atoms with Crippen LogP contribution in [0, 0.1) is 0 Å². The van der Waals surface area contributed by atoms with E-state index in [1.54, 1.807) is 6.92 Å². The molecule has 0 saturated carbocycles. The third-order valence-corrected chi connectivity index (χ3v) is 5.71. The lowest BCUT2D eigenvalue weighted by Gasteiger charge is -2.24. The van der Waals surface area contributed by atoms with Gasteiger partial charge < -0.3 is 28.7 Å². The van der Waals surface area contributed by atoms with Gasteiger partial charge in [0.05, 0.1) is 32.5 Å². The van der Waals surface area contributed by atoms with Gasteiger partial charge in [-0.15, -0.1) is 0 Å². The highest BCUT2D eigenvalue weighted by Crippen LogP contribution is 2.38. The number of amides is 1. The molecule has 0 aliphatic carbocycles. The molecule has 0 spiro atoms. The Kier molecular flexibility index (Phi) is 10.2. The van der Waals surface area contributed by atoms with E-state index in [9.17, 15) is 22.8 Å². The molecule has 1 aromatic carbocycles. The fourth-order valence-electron chi connectivity index (χ4n) is 3.74. The molecule has 0 aliphatic heterocycles. The van der Waals surface area contributed by atoms with Gasteiger partial charge in [0, 0.05) is 10.9 Å². The molecule has 1 amide bonds. The number of carbonyl (C=O) groups is 2. The lowest BCUT2D eigenvalue weighted by molar-refractivity contribution is -0.140. The number of hydrogen-bond donors (Lipinski definition) is 1. The average Bonchev–Trinajstić information content (AvgIpc) is 3.34. The molecule has 3 aromatic rings. The van der Waals surface area contributed by atoms with Gasteiger partial charge >= 0.3 is 18.2 Å². The molecule has 0 unspecified atom stereocenters. The number of oxazole rings is 1. The number of esters is 1. The first-order valence-corrected chi connectivity index (χ1v) is 13.1. The summed E-state index contributed by atoms with van der Waals surface area (Å²) in [6.45, 7) is 9.10. The molecule has 0 saturated heterocycles. The molecule has 0 fully saturated rings. The first-order chi connectivity index (χ1) is 19.3. The van der Waals surface area contributed by atoms with Crippen molar-refractivity contribution in [3.63, 3.8) is 0 Å². The van der Waals surface area contributed by atoms with Gasteiger partial charge in [0.1, 0.15) is 23.0 Å². The van der Waals surface area contributed by atoms with Crippen LogP contribution < -0.4 is 10.1 Å². The number of fused-ring (bicyclic) bond motifs is 1. The minimum absolute atomic E-state index is 0.0335. The van der Waals surface area contributed by atoms with Crippen LogP contribution in [0.5, 0.6) is 5.75 Å². The van der Waals surface area contributed by atoms with E-state index in [1.165, 1.54) is 25.3 Å². The van der Waals surface area contributed by atoms with Crippen molar-refractivity contribution in [1.29, 1.82) is 0 Å². The molecule has 2 aromatic heterocycles. The van der Waals surface area contributed by atoms with Crippen molar-refractivity contribution in [1.82, 2.24) is 15.3 Å². The summed E-state index contributed by atoms with van der Waals surface area (Å²) in [7, 11) is 1.31. The number of ether oxygens (including phenoxy) is 4. The molecule has 2 heterocycles. The number of alkyl halides is 3. The molecule has 0 bridgehead atoms. The zero-order valence-corrected chi connectivity index (χ0v) is 23.8. The largest absolute Gasteiger partial charge is 0.494 e. The standard InChI is InChI=1S/C28H34F3N3O7/c1-7-9-14-39-26(36)32-18(15-40-27(3,4)5)23-22(25(35)38-8-2)34-24(41-23)17-10-12-19(37-6)21-16(17)11-13-20(33-21)28(29,30)31/h10-13,18H,7-9,14-15H2,1-6H3,(H,32,36)/t18-/m0/s1. The van der Waals surface area contributed by atoms with Gasteiger partial charge in [-0.2, -0.15) is 13.2 Å². The minimum Gasteiger partial charge on any atom is -0.494 e. The first-order valence-electron chi connectivity index (χ1n) is 13.1. The normalized spacial score (nSPS) is 12.7. The van der Waals surface area contributed by atoms with Gasteiger partial charge in [0.15, 0.2) is 11.5 Å². The van der Waals surface area contributed by atoms with Crippen LogP contribution in [-0.4, -0.2) is 54.6 Å². The Hall–Kier alpha value is -3.87. The molecule has 0 aliphatic rings. The van der Waals surface area contributed by atoms with Gasteiger partial charge in [0.2, 0.25) is 5.89 Å². The molecule has 1 atom stereocenters. The lowest BCUT2D eigenvalue weighted by Crippen LogP contribution is -2.35. The number of nitrogens with zero attached hydrogens (tertiary/aromatic N) is 2. The molecule has 41 heavy (non-hydrogen) atoms. The topological polar surface area (TPSA) is 122 Å². The number of methoxy groups -OCH3 is 1. The van der Waals surface area contributed by atoms with Crippen molar-refractivity contribution < 1.29 is 46.1 Å². The SMILES string of the molecule is CCCCOC(=O)N[C@@H](COC(C)(C)C)c1oc(-c2ccc(OC)c3nc(C(F)(F)F)ccc23)nc1C(=O)OCC. The zero-order valence-electron chi connectivity index (χ0n) is 23.8. The number of benzene rings is 1. The van der Waals surface area contributed by atoms with Crippen LogP contribution in [0.4, 0.5) is 18.0 Å². The molecule has 3 rings (SSSR count). The third kappa shape index (κ3) is 8.09. The highest BCUT2D eigenvalue weighted by molar-refractivity contribution is 5.97. The Morgan fingerprint density at radius 2 is 1.78 bits per heavy atom. The summed E-state index contributed by atoms with van der Waals surface area (Å²) in [5.74, 6) is -0.909. The second kappa shape index (κ2) is 13.2. The molecular weight excluding hydrogens is 547 g/mol. The van der Waals surface area contributed by atoms with Crippen molar-refractivity contribution in [2.24, 2.45) is 0 Å². The molecule has 224 valence electrons. The lowest BCUT2D eigenvalue weighted by atomic mass is 10.1. The van der Waals surface area contributed by atoms with E-state index in [1.807, 2.05) is 27.7 Å². The second-order valence-electron chi connectivity index (χ2n) is 9.97. The van der Waals surface area contributed by atoms with Gasteiger partial charge in [-0.05, 0) is 58.4 Å². The van der Waals surface area contributed by atoms with E-state index in [0.717, 1.165) is 12.5 Å². The predicted molar refractivity (Wildman–Crippen MR) is 143 cm³/mol. The van der Waals surface area contributed by atoms with Crippen molar-refractivity contribution in [3.8, 4) is 17.2 Å². The van der Waals surface area contributed by atoms with Crippen LogP contribution in [-0.2, 0) is 20.4 Å². The zero-order chi connectivity index (χ0) is 30.4. The average molecular weight is 582 g/mol. The van der Waals surface area contributed by atoms with Gasteiger partial charge in [0.25, 0.3) is 0 Å². The molecular formula is C28H34F3N3O7. The summed E-state index contributed by atoms with van der Waals surface area (Å²) in [4.78, 5) is 33.6. The van der Waals surface area contributed by atoms with E-state index in [4.69, 9.17) is 23.4 Å². The van der Waals surface area contributed by atoms with Crippen LogP contribution in [0.15, 0.2) is 28.7 Å². The number of carbonyl (C=O) groups excluding carboxylic acids is 2. The maximum atomic E-state index is 13.4. The number of hydrogen-bond acceptors (Lipinski definition) is 9. The Labute approximate surface area is 235 Å². The van der Waals surface area contributed by atoms with Crippen molar-refractivity contribution >= 4 is 23.0 Å². The Morgan fingerprint density at radius 1 is 1.05 bits per heavy atom. The van der Waals surface area contributed by atoms with Gasteiger partial charge in [-0.25, -0.2) is 19.6 Å². The fraction of sp³-hybridized carbons (Fsp3) is 0.500. The maximum Gasteiger partial charge on any atom is 0.433 e. The smallest absolute Gasteiger partial charge is 0.433 e. The quantitative estimate of drug-likeness (QED) is 0.200. The van der Waals surface area contributed by atoms with E-state index in [-0.39, 0.29) is 59.4 Å². The number of nitrogens with one attached hydrogen (secondary N) is 1. The van der Waals surface area contributed by atoms with Crippen LogP contribution in [0.1, 0.15) is 75.4 Å². The second-order valence-corrected chi connectivity index (χ2v) is 9.97. The van der Waals surface area contributed by atoms with Crippen LogP contribution in [0.3, 0.4) is 0 Å². The van der Waals surface area contributed by atoms with E-state index in [2.05, 4.69) is 15.3 Å². The number of alkyl carbamates (subject to hydrolysis) is 1. The Bertz CT molecular complexity index is 1370. The minimum atomic E-state index is -4.68. The Balaban J connectivity index is 2.16. The number of rotatable bonds is 11. The van der Waals surface area contributed by atoms with Gasteiger partial charge in [-0.3, -0.25) is 0 Å². The molecule has 13 heteroatoms. The number of unbranched alkanes of at least 4 members (excludes halogenated alkanes) is 1. The highest BCUT2D eigenvalue weighted by Gasteiger charge is 2.34.